The van der Waals surface area contributed by atoms with E-state index < -0.39 is 0 Å². The van der Waals surface area contributed by atoms with Crippen molar-refractivity contribution in [1.82, 2.24) is 9.80 Å². The predicted molar refractivity (Wildman–Crippen MR) is 95.6 cm³/mol. The smallest absolute Gasteiger partial charge is 0.253 e. The topological polar surface area (TPSA) is 43.8 Å². The number of amides is 1. The average Bonchev–Trinajstić information content (AvgIpc) is 2.63. The molecular formula is C19H21ClN2O2. The zero-order valence-corrected chi connectivity index (χ0v) is 14.2. The standard InChI is InChI=1S/C19H21ClN2O2/c20-17-14-16(6-7-18(17)23)19(24)22-12-10-21(11-13-22)9-8-15-4-2-1-3-5-15/h1-7,14,23H,8-13H2. The van der Waals surface area contributed by atoms with Crippen LogP contribution in [0.2, 0.25) is 5.02 Å². The van der Waals surface area contributed by atoms with Gasteiger partial charge in [-0.25, -0.2) is 0 Å². The summed E-state index contributed by atoms with van der Waals surface area (Å²) in [5.74, 6) is -0.0291. The molecule has 4 nitrogen and oxygen atoms in total. The number of hydrogen-bond acceptors (Lipinski definition) is 3. The molecular weight excluding hydrogens is 324 g/mol. The van der Waals surface area contributed by atoms with Gasteiger partial charge in [-0.1, -0.05) is 41.9 Å². The van der Waals surface area contributed by atoms with Crippen LogP contribution in [0.5, 0.6) is 5.75 Å². The first-order valence-corrected chi connectivity index (χ1v) is 8.55. The predicted octanol–water partition coefficient (Wildman–Crippen LogP) is 3.05. The van der Waals surface area contributed by atoms with Gasteiger partial charge in [-0.05, 0) is 30.2 Å². The maximum Gasteiger partial charge on any atom is 0.253 e. The van der Waals surface area contributed by atoms with E-state index in [1.165, 1.54) is 17.7 Å². The van der Waals surface area contributed by atoms with Gasteiger partial charge in [0.1, 0.15) is 5.75 Å². The van der Waals surface area contributed by atoms with Gasteiger partial charge in [0, 0.05) is 38.3 Å². The van der Waals surface area contributed by atoms with E-state index in [-0.39, 0.29) is 16.7 Å². The number of benzene rings is 2. The van der Waals surface area contributed by atoms with Crippen LogP contribution in [0.15, 0.2) is 48.5 Å². The highest BCUT2D eigenvalue weighted by atomic mass is 35.5. The maximum atomic E-state index is 12.5. The Bertz CT molecular complexity index is 698. The van der Waals surface area contributed by atoms with Crippen LogP contribution in [0.3, 0.4) is 0 Å². The van der Waals surface area contributed by atoms with Crippen molar-refractivity contribution in [3.63, 3.8) is 0 Å². The third kappa shape index (κ3) is 4.08. The van der Waals surface area contributed by atoms with Gasteiger partial charge in [0.2, 0.25) is 0 Å². The third-order valence-corrected chi connectivity index (χ3v) is 4.72. The second kappa shape index (κ2) is 7.69. The van der Waals surface area contributed by atoms with Crippen LogP contribution < -0.4 is 0 Å². The molecule has 5 heteroatoms. The van der Waals surface area contributed by atoms with Gasteiger partial charge in [-0.2, -0.15) is 0 Å². The molecule has 2 aromatic carbocycles. The Hall–Kier alpha value is -2.04. The molecule has 0 bridgehead atoms. The molecule has 126 valence electrons. The Morgan fingerprint density at radius 1 is 1.04 bits per heavy atom. The fraction of sp³-hybridized carbons (Fsp3) is 0.316. The first kappa shape index (κ1) is 16.8. The fourth-order valence-electron chi connectivity index (χ4n) is 2.93. The summed E-state index contributed by atoms with van der Waals surface area (Å²) >= 11 is 5.89. The van der Waals surface area contributed by atoms with Crippen LogP contribution in [0, 0.1) is 0 Å². The summed E-state index contributed by atoms with van der Waals surface area (Å²) in [6, 6.07) is 15.1. The highest BCUT2D eigenvalue weighted by Crippen LogP contribution is 2.24. The highest BCUT2D eigenvalue weighted by Gasteiger charge is 2.22. The number of rotatable bonds is 4. The van der Waals surface area contributed by atoms with E-state index in [0.717, 1.165) is 26.1 Å². The molecule has 1 saturated heterocycles. The lowest BCUT2D eigenvalue weighted by Gasteiger charge is -2.34. The van der Waals surface area contributed by atoms with E-state index in [4.69, 9.17) is 11.6 Å². The SMILES string of the molecule is O=C(c1ccc(O)c(Cl)c1)N1CCN(CCc2ccccc2)CC1. The van der Waals surface area contributed by atoms with Crippen molar-refractivity contribution in [2.24, 2.45) is 0 Å². The summed E-state index contributed by atoms with van der Waals surface area (Å²) in [6.07, 6.45) is 1.03. The molecule has 1 amide bonds. The summed E-state index contributed by atoms with van der Waals surface area (Å²) in [4.78, 5) is 16.8. The lowest BCUT2D eigenvalue weighted by atomic mass is 10.1. The second-order valence-corrected chi connectivity index (χ2v) is 6.44. The van der Waals surface area contributed by atoms with Crippen molar-refractivity contribution in [1.29, 1.82) is 0 Å². The molecule has 2 aromatic rings. The monoisotopic (exact) mass is 344 g/mol. The first-order valence-electron chi connectivity index (χ1n) is 8.17. The molecule has 1 aliphatic heterocycles. The van der Waals surface area contributed by atoms with Crippen LogP contribution in [0.4, 0.5) is 0 Å². The molecule has 0 saturated carbocycles. The van der Waals surface area contributed by atoms with Gasteiger partial charge in [0.05, 0.1) is 5.02 Å². The number of hydrogen-bond donors (Lipinski definition) is 1. The molecule has 0 radical (unpaired) electrons. The minimum Gasteiger partial charge on any atom is -0.506 e. The number of piperazine rings is 1. The summed E-state index contributed by atoms with van der Waals surface area (Å²) in [7, 11) is 0. The van der Waals surface area contributed by atoms with Crippen molar-refractivity contribution < 1.29 is 9.90 Å². The Morgan fingerprint density at radius 2 is 1.75 bits per heavy atom. The number of halogens is 1. The lowest BCUT2D eigenvalue weighted by molar-refractivity contribution is 0.0638. The van der Waals surface area contributed by atoms with Crippen molar-refractivity contribution in [3.8, 4) is 5.75 Å². The molecule has 0 aliphatic carbocycles. The van der Waals surface area contributed by atoms with Crippen LogP contribution in [0.1, 0.15) is 15.9 Å². The van der Waals surface area contributed by atoms with Crippen LogP contribution in [0.25, 0.3) is 0 Å². The van der Waals surface area contributed by atoms with Gasteiger partial charge >= 0.3 is 0 Å². The molecule has 0 atom stereocenters. The quantitative estimate of drug-likeness (QED) is 0.927. The molecule has 1 heterocycles. The number of phenolic OH excluding ortho intramolecular Hbond substituents is 1. The Morgan fingerprint density at radius 3 is 2.42 bits per heavy atom. The van der Waals surface area contributed by atoms with E-state index in [0.29, 0.717) is 18.7 Å². The van der Waals surface area contributed by atoms with Crippen molar-refractivity contribution in [3.05, 3.63) is 64.7 Å². The fourth-order valence-corrected chi connectivity index (χ4v) is 3.11. The third-order valence-electron chi connectivity index (χ3n) is 4.41. The largest absolute Gasteiger partial charge is 0.506 e. The van der Waals surface area contributed by atoms with E-state index in [2.05, 4.69) is 29.2 Å². The van der Waals surface area contributed by atoms with E-state index in [1.54, 1.807) is 6.07 Å². The molecule has 3 rings (SSSR count). The van der Waals surface area contributed by atoms with Crippen molar-refractivity contribution in [2.75, 3.05) is 32.7 Å². The molecule has 24 heavy (non-hydrogen) atoms. The zero-order chi connectivity index (χ0) is 16.9. The van der Waals surface area contributed by atoms with Crippen LogP contribution in [-0.4, -0.2) is 53.5 Å². The summed E-state index contributed by atoms with van der Waals surface area (Å²) in [6.45, 7) is 4.20. The van der Waals surface area contributed by atoms with E-state index >= 15 is 0 Å². The summed E-state index contributed by atoms with van der Waals surface area (Å²) < 4.78 is 0. The van der Waals surface area contributed by atoms with Crippen molar-refractivity contribution in [2.45, 2.75) is 6.42 Å². The lowest BCUT2D eigenvalue weighted by Crippen LogP contribution is -2.49. The number of nitrogens with zero attached hydrogens (tertiary/aromatic N) is 2. The molecule has 0 unspecified atom stereocenters. The number of phenols is 1. The van der Waals surface area contributed by atoms with Gasteiger partial charge in [0.15, 0.2) is 0 Å². The minimum absolute atomic E-state index is 0.000974. The van der Waals surface area contributed by atoms with E-state index in [9.17, 15) is 9.90 Å². The first-order chi connectivity index (χ1) is 11.6. The molecule has 1 aliphatic rings. The summed E-state index contributed by atoms with van der Waals surface area (Å²) in [5, 5.41) is 9.67. The summed E-state index contributed by atoms with van der Waals surface area (Å²) in [5.41, 5.74) is 1.87. The molecule has 1 N–H and O–H groups in total. The number of carbonyl (C=O) groups excluding carboxylic acids is 1. The van der Waals surface area contributed by atoms with Gasteiger partial charge in [0.25, 0.3) is 5.91 Å². The van der Waals surface area contributed by atoms with Gasteiger partial charge < -0.3 is 10.0 Å². The Labute approximate surface area is 147 Å². The Balaban J connectivity index is 1.51. The highest BCUT2D eigenvalue weighted by molar-refractivity contribution is 6.32. The van der Waals surface area contributed by atoms with Crippen molar-refractivity contribution >= 4 is 17.5 Å². The maximum absolute atomic E-state index is 12.5. The van der Waals surface area contributed by atoms with Gasteiger partial charge in [-0.15, -0.1) is 0 Å². The van der Waals surface area contributed by atoms with Crippen LogP contribution >= 0.6 is 11.6 Å². The number of carbonyl (C=O) groups is 1. The molecule has 0 spiro atoms. The molecule has 1 fully saturated rings. The molecule has 0 aromatic heterocycles. The van der Waals surface area contributed by atoms with Gasteiger partial charge in [-0.3, -0.25) is 9.69 Å². The average molecular weight is 345 g/mol. The minimum atomic E-state index is -0.0281. The van der Waals surface area contributed by atoms with E-state index in [1.807, 2.05) is 11.0 Å². The Kier molecular flexibility index (Phi) is 5.38. The zero-order valence-electron chi connectivity index (χ0n) is 13.5. The second-order valence-electron chi connectivity index (χ2n) is 6.04. The normalized spacial score (nSPS) is 15.5. The number of aromatic hydroxyl groups is 1. The van der Waals surface area contributed by atoms with Crippen LogP contribution in [-0.2, 0) is 6.42 Å².